The maximum Gasteiger partial charge on any atom is 0.361 e. The quantitative estimate of drug-likeness (QED) is 0.646. The summed E-state index contributed by atoms with van der Waals surface area (Å²) in [5.41, 5.74) is 0.683. The minimum absolute atomic E-state index is 0.165. The molecule has 1 saturated heterocycles. The minimum atomic E-state index is -4.25. The number of hydrogen-bond donors (Lipinski definition) is 1. The molecule has 3 rings (SSSR count). The molecule has 1 atom stereocenters. The second kappa shape index (κ2) is 5.88. The van der Waals surface area contributed by atoms with Gasteiger partial charge in [0, 0.05) is 4.92 Å². The van der Waals surface area contributed by atoms with Gasteiger partial charge < -0.3 is 4.74 Å². The molecule has 1 unspecified atom stereocenters. The van der Waals surface area contributed by atoms with E-state index < -0.39 is 25.9 Å². The van der Waals surface area contributed by atoms with Crippen LogP contribution < -0.4 is 4.72 Å². The van der Waals surface area contributed by atoms with Crippen molar-refractivity contribution in [3.63, 3.8) is 0 Å². The molecule has 0 radical (unpaired) electrons. The van der Waals surface area contributed by atoms with Crippen molar-refractivity contribution >= 4 is 15.6 Å². The smallest absolute Gasteiger partial charge is 0.361 e. The van der Waals surface area contributed by atoms with Crippen LogP contribution in [0.5, 0.6) is 0 Å². The minimum Gasteiger partial charge on any atom is -0.378 e. The fourth-order valence-corrected chi connectivity index (χ4v) is 4.47. The van der Waals surface area contributed by atoms with Gasteiger partial charge in [-0.25, -0.2) is 13.1 Å². The summed E-state index contributed by atoms with van der Waals surface area (Å²) in [4.78, 5) is 8.93. The van der Waals surface area contributed by atoms with Gasteiger partial charge in [-0.3, -0.25) is 10.1 Å². The summed E-state index contributed by atoms with van der Waals surface area (Å²) in [5, 5.41) is 11.9. The summed E-state index contributed by atoms with van der Waals surface area (Å²) in [6.45, 7) is 0.459. The summed E-state index contributed by atoms with van der Waals surface area (Å²) in [7, 11) is -4.25. The summed E-state index contributed by atoms with van der Waals surface area (Å²) in [6, 6.07) is 8.14. The van der Waals surface area contributed by atoms with Gasteiger partial charge in [0.1, 0.15) is 0 Å². The first-order valence-corrected chi connectivity index (χ1v) is 8.62. The molecule has 8 heteroatoms. The van der Waals surface area contributed by atoms with Gasteiger partial charge >= 0.3 is 4.87 Å². The third-order valence-electron chi connectivity index (χ3n) is 4.00. The lowest BCUT2D eigenvalue weighted by atomic mass is 9.92. The number of nitro groups is 1. The Kier molecular flexibility index (Phi) is 4.05. The van der Waals surface area contributed by atoms with Crippen molar-refractivity contribution in [2.24, 2.45) is 0 Å². The van der Waals surface area contributed by atoms with Crippen LogP contribution >= 0.6 is 0 Å². The number of allylic oxidation sites excluding steroid dienone is 2. The lowest BCUT2D eigenvalue weighted by molar-refractivity contribution is -0.522. The number of nitrogens with zero attached hydrogens (tertiary/aromatic N) is 1. The van der Waals surface area contributed by atoms with Gasteiger partial charge in [0.2, 0.25) is 0 Å². The second-order valence-electron chi connectivity index (χ2n) is 5.48. The van der Waals surface area contributed by atoms with Crippen molar-refractivity contribution in [1.82, 2.24) is 4.72 Å². The van der Waals surface area contributed by atoms with Gasteiger partial charge in [-0.05, 0) is 5.56 Å². The zero-order chi connectivity index (χ0) is 16.5. The molecule has 1 aliphatic carbocycles. The average Bonchev–Trinajstić information content (AvgIpc) is 2.51. The second-order valence-corrected chi connectivity index (χ2v) is 7.39. The zero-order valence-corrected chi connectivity index (χ0v) is 13.0. The predicted molar refractivity (Wildman–Crippen MR) is 84.6 cm³/mol. The number of nitrogens with one attached hydrogen (secondary N) is 1. The van der Waals surface area contributed by atoms with Crippen LogP contribution in [0, 0.1) is 10.1 Å². The SMILES string of the molecule is O=[N+]([O-])C1(S(=O)(=O)NC2COC2)CC=CC=C1c1ccccc1. The van der Waals surface area contributed by atoms with Crippen LogP contribution in [-0.2, 0) is 14.8 Å². The van der Waals surface area contributed by atoms with Crippen LogP contribution in [-0.4, -0.2) is 37.5 Å². The van der Waals surface area contributed by atoms with Gasteiger partial charge in [-0.1, -0.05) is 48.6 Å². The first-order valence-electron chi connectivity index (χ1n) is 7.14. The molecule has 0 saturated carbocycles. The van der Waals surface area contributed by atoms with Crippen molar-refractivity contribution in [1.29, 1.82) is 0 Å². The van der Waals surface area contributed by atoms with E-state index in [1.807, 2.05) is 0 Å². The third kappa shape index (κ3) is 2.58. The van der Waals surface area contributed by atoms with Gasteiger partial charge in [0.05, 0.1) is 31.2 Å². The molecule has 7 nitrogen and oxygen atoms in total. The molecule has 0 aromatic heterocycles. The Morgan fingerprint density at radius 3 is 2.52 bits per heavy atom. The normalized spacial score (nSPS) is 24.8. The monoisotopic (exact) mass is 336 g/mol. The van der Waals surface area contributed by atoms with Gasteiger partial charge in [0.25, 0.3) is 10.0 Å². The molecular formula is C15H16N2O5S. The Balaban J connectivity index is 2.10. The van der Waals surface area contributed by atoms with Crippen molar-refractivity contribution < 1.29 is 18.1 Å². The highest BCUT2D eigenvalue weighted by Gasteiger charge is 2.59. The molecule has 0 amide bonds. The van der Waals surface area contributed by atoms with Gasteiger partial charge in [-0.2, -0.15) is 0 Å². The molecule has 2 aliphatic rings. The summed E-state index contributed by atoms with van der Waals surface area (Å²) in [5.74, 6) is 0. The molecule has 1 heterocycles. The Morgan fingerprint density at radius 1 is 1.26 bits per heavy atom. The van der Waals surface area contributed by atoms with Crippen LogP contribution in [0.2, 0.25) is 0 Å². The van der Waals surface area contributed by atoms with Crippen molar-refractivity contribution in [3.8, 4) is 0 Å². The largest absolute Gasteiger partial charge is 0.378 e. The molecule has 0 spiro atoms. The van der Waals surface area contributed by atoms with Crippen LogP contribution in [0.25, 0.3) is 5.57 Å². The predicted octanol–water partition coefficient (Wildman–Crippen LogP) is 1.32. The van der Waals surface area contributed by atoms with Crippen LogP contribution in [0.4, 0.5) is 0 Å². The van der Waals surface area contributed by atoms with E-state index in [9.17, 15) is 18.5 Å². The van der Waals surface area contributed by atoms with Gasteiger partial charge in [-0.15, -0.1) is 0 Å². The first-order chi connectivity index (χ1) is 11.0. The topological polar surface area (TPSA) is 98.5 Å². The number of ether oxygens (including phenoxy) is 1. The number of rotatable bonds is 5. The number of hydrogen-bond acceptors (Lipinski definition) is 5. The van der Waals surface area contributed by atoms with E-state index in [0.717, 1.165) is 0 Å². The average molecular weight is 336 g/mol. The van der Waals surface area contributed by atoms with Crippen LogP contribution in [0.3, 0.4) is 0 Å². The van der Waals surface area contributed by atoms with Gasteiger partial charge in [0.15, 0.2) is 0 Å². The molecule has 1 aromatic carbocycles. The molecular weight excluding hydrogens is 320 g/mol. The third-order valence-corrected chi connectivity index (χ3v) is 6.07. The van der Waals surface area contributed by atoms with Crippen LogP contribution in [0.1, 0.15) is 12.0 Å². The highest BCUT2D eigenvalue weighted by molar-refractivity contribution is 7.91. The van der Waals surface area contributed by atoms with E-state index in [4.69, 9.17) is 4.74 Å². The highest BCUT2D eigenvalue weighted by Crippen LogP contribution is 2.40. The van der Waals surface area contributed by atoms with Crippen molar-refractivity contribution in [2.45, 2.75) is 17.3 Å². The van der Waals surface area contributed by atoms with E-state index in [1.165, 1.54) is 12.2 Å². The standard InChI is InChI=1S/C15H16N2O5S/c18-17(19)15(23(20,21)16-13-10-22-11-13)9-5-4-8-14(15)12-6-2-1-3-7-12/h1-8,13,16H,9-11H2. The first kappa shape index (κ1) is 15.9. The Hall–Kier alpha value is -2.03. The lowest BCUT2D eigenvalue weighted by Crippen LogP contribution is -2.59. The van der Waals surface area contributed by atoms with Crippen LogP contribution in [0.15, 0.2) is 48.6 Å². The zero-order valence-electron chi connectivity index (χ0n) is 12.2. The maximum absolute atomic E-state index is 12.9. The van der Waals surface area contributed by atoms with Crippen molar-refractivity contribution in [2.75, 3.05) is 13.2 Å². The fourth-order valence-electron chi connectivity index (χ4n) is 2.72. The van der Waals surface area contributed by atoms with E-state index in [2.05, 4.69) is 4.72 Å². The van der Waals surface area contributed by atoms with Crippen molar-refractivity contribution in [3.05, 3.63) is 64.2 Å². The van der Waals surface area contributed by atoms with E-state index >= 15 is 0 Å². The molecule has 1 N–H and O–H groups in total. The van der Waals surface area contributed by atoms with E-state index in [-0.39, 0.29) is 25.2 Å². The number of sulfonamides is 1. The highest BCUT2D eigenvalue weighted by atomic mass is 32.2. The fraction of sp³-hybridized carbons (Fsp3) is 0.333. The number of benzene rings is 1. The summed E-state index contributed by atoms with van der Waals surface area (Å²) < 4.78 is 33.1. The molecule has 1 fully saturated rings. The summed E-state index contributed by atoms with van der Waals surface area (Å²) in [6.07, 6.45) is 4.43. The Labute approximate surface area is 133 Å². The molecule has 122 valence electrons. The maximum atomic E-state index is 12.9. The molecule has 23 heavy (non-hydrogen) atoms. The van der Waals surface area contributed by atoms with E-state index in [1.54, 1.807) is 36.4 Å². The summed E-state index contributed by atoms with van der Waals surface area (Å²) >= 11 is 0. The lowest BCUT2D eigenvalue weighted by Gasteiger charge is -2.33. The Bertz CT molecular complexity index is 768. The Morgan fingerprint density at radius 2 is 1.96 bits per heavy atom. The molecule has 0 bridgehead atoms. The molecule has 1 aromatic rings. The molecule has 1 aliphatic heterocycles. The van der Waals surface area contributed by atoms with E-state index in [0.29, 0.717) is 5.56 Å².